The van der Waals surface area contributed by atoms with E-state index in [9.17, 15) is 9.59 Å². The zero-order chi connectivity index (χ0) is 20.0. The molecule has 0 aliphatic carbocycles. The average molecular weight is 390 g/mol. The fourth-order valence-corrected chi connectivity index (χ4v) is 4.53. The second kappa shape index (κ2) is 6.62. The number of carbonyl (C=O) groups is 2. The topological polar surface area (TPSA) is 87.3 Å². The van der Waals surface area contributed by atoms with Crippen molar-refractivity contribution in [3.8, 4) is 5.75 Å². The van der Waals surface area contributed by atoms with Gasteiger partial charge in [0.2, 0.25) is 0 Å². The van der Waals surface area contributed by atoms with Gasteiger partial charge in [-0.1, -0.05) is 18.2 Å². The lowest BCUT2D eigenvalue weighted by Crippen LogP contribution is -2.59. The summed E-state index contributed by atoms with van der Waals surface area (Å²) in [5.41, 5.74) is 1.87. The Morgan fingerprint density at radius 3 is 2.83 bits per heavy atom. The van der Waals surface area contributed by atoms with Crippen LogP contribution in [0.4, 0.5) is 0 Å². The lowest BCUT2D eigenvalue weighted by molar-refractivity contribution is 0.0605. The number of H-pyrrole nitrogens is 1. The highest BCUT2D eigenvalue weighted by atomic mass is 16.5. The van der Waals surface area contributed by atoms with Crippen molar-refractivity contribution in [2.24, 2.45) is 0 Å². The van der Waals surface area contributed by atoms with Gasteiger partial charge in [0, 0.05) is 35.1 Å². The van der Waals surface area contributed by atoms with Crippen LogP contribution in [0.1, 0.15) is 39.3 Å². The first-order valence-corrected chi connectivity index (χ1v) is 9.79. The maximum Gasteiger partial charge on any atom is 0.270 e. The molecule has 2 aromatic carbocycles. The van der Waals surface area contributed by atoms with Crippen molar-refractivity contribution in [2.45, 2.75) is 24.8 Å². The normalized spacial score (nSPS) is 17.8. The first-order valence-electron chi connectivity index (χ1n) is 9.79. The molecule has 0 radical (unpaired) electrons. The number of hydrogen-bond acceptors (Lipinski definition) is 4. The molecule has 1 aromatic heterocycles. The SMILES string of the molecule is COc1cccc2ccc(C(=O)N3CCC4(CC3)Cc3cn[nH]c3C(=O)N4)cc12. The van der Waals surface area contributed by atoms with Gasteiger partial charge in [0.05, 0.1) is 13.3 Å². The maximum absolute atomic E-state index is 13.1. The molecule has 7 nitrogen and oxygen atoms in total. The van der Waals surface area contributed by atoms with Gasteiger partial charge in [0.25, 0.3) is 11.8 Å². The molecule has 29 heavy (non-hydrogen) atoms. The van der Waals surface area contributed by atoms with Crippen molar-refractivity contribution < 1.29 is 14.3 Å². The van der Waals surface area contributed by atoms with Crippen LogP contribution in [0.25, 0.3) is 10.8 Å². The number of piperidine rings is 1. The molecule has 1 saturated heterocycles. The third-order valence-electron chi connectivity index (χ3n) is 6.17. The van der Waals surface area contributed by atoms with E-state index in [0.717, 1.165) is 41.3 Å². The molecule has 0 unspecified atom stereocenters. The molecule has 0 bridgehead atoms. The summed E-state index contributed by atoms with van der Waals surface area (Å²) < 4.78 is 5.44. The van der Waals surface area contributed by atoms with Crippen LogP contribution in [0, 0.1) is 0 Å². The number of nitrogens with one attached hydrogen (secondary N) is 2. The van der Waals surface area contributed by atoms with E-state index in [-0.39, 0.29) is 17.4 Å². The number of fused-ring (bicyclic) bond motifs is 2. The standard InChI is InChI=1S/C22H22N4O3/c1-29-18-4-2-3-14-5-6-15(11-17(14)18)21(28)26-9-7-22(8-10-26)12-16-13-23-25-19(16)20(27)24-22/h2-6,11,13H,7-10,12H2,1H3,(H,23,25)(H,24,27). The molecule has 2 aliphatic rings. The molecule has 148 valence electrons. The smallest absolute Gasteiger partial charge is 0.270 e. The van der Waals surface area contributed by atoms with Gasteiger partial charge >= 0.3 is 0 Å². The molecule has 2 aliphatic heterocycles. The van der Waals surface area contributed by atoms with E-state index in [1.54, 1.807) is 13.3 Å². The lowest BCUT2D eigenvalue weighted by atomic mass is 9.79. The number of carbonyl (C=O) groups excluding carboxylic acids is 2. The van der Waals surface area contributed by atoms with Gasteiger partial charge in [-0.2, -0.15) is 5.10 Å². The Kier molecular flexibility index (Phi) is 4.04. The number of ether oxygens (including phenoxy) is 1. The first kappa shape index (κ1) is 17.7. The molecular weight excluding hydrogens is 368 g/mol. The minimum Gasteiger partial charge on any atom is -0.496 e. The van der Waals surface area contributed by atoms with E-state index < -0.39 is 0 Å². The largest absolute Gasteiger partial charge is 0.496 e. The van der Waals surface area contributed by atoms with Crippen molar-refractivity contribution in [1.82, 2.24) is 20.4 Å². The first-order chi connectivity index (χ1) is 14.1. The Morgan fingerprint density at radius 2 is 2.03 bits per heavy atom. The summed E-state index contributed by atoms with van der Waals surface area (Å²) in [5.74, 6) is 0.666. The second-order valence-electron chi connectivity index (χ2n) is 7.87. The molecule has 0 saturated carbocycles. The molecule has 2 amide bonds. The van der Waals surface area contributed by atoms with Crippen molar-refractivity contribution in [1.29, 1.82) is 0 Å². The molecule has 3 aromatic rings. The highest BCUT2D eigenvalue weighted by Crippen LogP contribution is 2.32. The summed E-state index contributed by atoms with van der Waals surface area (Å²) in [4.78, 5) is 27.4. The number of rotatable bonds is 2. The summed E-state index contributed by atoms with van der Waals surface area (Å²) in [6.45, 7) is 1.21. The van der Waals surface area contributed by atoms with Gasteiger partial charge in [0.15, 0.2) is 0 Å². The molecular formula is C22H22N4O3. The van der Waals surface area contributed by atoms with Gasteiger partial charge < -0.3 is 15.0 Å². The highest BCUT2D eigenvalue weighted by Gasteiger charge is 2.42. The van der Waals surface area contributed by atoms with E-state index in [4.69, 9.17) is 4.74 Å². The second-order valence-corrected chi connectivity index (χ2v) is 7.87. The van der Waals surface area contributed by atoms with E-state index in [0.29, 0.717) is 24.3 Å². The van der Waals surface area contributed by atoms with E-state index >= 15 is 0 Å². The van der Waals surface area contributed by atoms with E-state index in [1.165, 1.54) is 0 Å². The minimum absolute atomic E-state index is 0.0128. The zero-order valence-electron chi connectivity index (χ0n) is 16.2. The Morgan fingerprint density at radius 1 is 1.21 bits per heavy atom. The molecule has 5 rings (SSSR count). The summed E-state index contributed by atoms with van der Waals surface area (Å²) in [6.07, 6.45) is 3.94. The predicted molar refractivity (Wildman–Crippen MR) is 108 cm³/mol. The number of hydrogen-bond donors (Lipinski definition) is 2. The van der Waals surface area contributed by atoms with E-state index in [2.05, 4.69) is 15.5 Å². The Hall–Kier alpha value is -3.35. The number of aromatic amines is 1. The van der Waals surface area contributed by atoms with Gasteiger partial charge in [0.1, 0.15) is 11.4 Å². The Bertz CT molecular complexity index is 1110. The van der Waals surface area contributed by atoms with Crippen LogP contribution in [0.5, 0.6) is 5.75 Å². The average Bonchev–Trinajstić information content (AvgIpc) is 3.21. The summed E-state index contributed by atoms with van der Waals surface area (Å²) in [7, 11) is 1.64. The third kappa shape index (κ3) is 2.93. The highest BCUT2D eigenvalue weighted by molar-refractivity contribution is 6.00. The van der Waals surface area contributed by atoms with Gasteiger partial charge in [-0.25, -0.2) is 0 Å². The van der Waals surface area contributed by atoms with Crippen LogP contribution < -0.4 is 10.1 Å². The fraction of sp³-hybridized carbons (Fsp3) is 0.318. The predicted octanol–water partition coefficient (Wildman–Crippen LogP) is 2.53. The summed E-state index contributed by atoms with van der Waals surface area (Å²) in [5, 5.41) is 11.9. The van der Waals surface area contributed by atoms with Crippen LogP contribution in [-0.4, -0.2) is 52.6 Å². The number of methoxy groups -OCH3 is 1. The Labute approximate surface area is 168 Å². The van der Waals surface area contributed by atoms with Gasteiger partial charge in [-0.05, 0) is 42.8 Å². The van der Waals surface area contributed by atoms with Crippen molar-refractivity contribution in [2.75, 3.05) is 20.2 Å². The van der Waals surface area contributed by atoms with Crippen molar-refractivity contribution in [3.05, 3.63) is 59.4 Å². The molecule has 2 N–H and O–H groups in total. The van der Waals surface area contributed by atoms with Crippen LogP contribution in [-0.2, 0) is 6.42 Å². The number of benzene rings is 2. The minimum atomic E-state index is -0.294. The fourth-order valence-electron chi connectivity index (χ4n) is 4.53. The zero-order valence-corrected chi connectivity index (χ0v) is 16.2. The summed E-state index contributed by atoms with van der Waals surface area (Å²) in [6, 6.07) is 11.6. The molecule has 7 heteroatoms. The quantitative estimate of drug-likeness (QED) is 0.704. The van der Waals surface area contributed by atoms with E-state index in [1.807, 2.05) is 41.3 Å². The molecule has 3 heterocycles. The Balaban J connectivity index is 1.34. The molecule has 1 fully saturated rings. The van der Waals surface area contributed by atoms with Crippen molar-refractivity contribution >= 4 is 22.6 Å². The number of aromatic nitrogens is 2. The van der Waals surface area contributed by atoms with Gasteiger partial charge in [-0.15, -0.1) is 0 Å². The van der Waals surface area contributed by atoms with Crippen molar-refractivity contribution in [3.63, 3.8) is 0 Å². The molecule has 0 atom stereocenters. The maximum atomic E-state index is 13.1. The lowest BCUT2D eigenvalue weighted by Gasteiger charge is -2.44. The van der Waals surface area contributed by atoms with Crippen LogP contribution in [0.2, 0.25) is 0 Å². The monoisotopic (exact) mass is 390 g/mol. The molecule has 1 spiro atoms. The van der Waals surface area contributed by atoms with Gasteiger partial charge in [-0.3, -0.25) is 14.7 Å². The van der Waals surface area contributed by atoms with Crippen LogP contribution in [0.3, 0.4) is 0 Å². The number of likely N-dealkylation sites (tertiary alicyclic amines) is 1. The third-order valence-corrected chi connectivity index (χ3v) is 6.17. The van der Waals surface area contributed by atoms with Crippen LogP contribution in [0.15, 0.2) is 42.6 Å². The summed E-state index contributed by atoms with van der Waals surface area (Å²) >= 11 is 0. The number of amides is 2. The van der Waals surface area contributed by atoms with Crippen LogP contribution >= 0.6 is 0 Å². The number of nitrogens with zero attached hydrogens (tertiary/aromatic N) is 2.